The fraction of sp³-hybridized carbons (Fsp3) is 0.0435. The van der Waals surface area contributed by atoms with Gasteiger partial charge in [-0.05, 0) is 72.5 Å². The van der Waals surface area contributed by atoms with E-state index in [-0.39, 0.29) is 42.5 Å². The Morgan fingerprint density at radius 2 is 0.868 bits per heavy atom. The second-order valence-electron chi connectivity index (χ2n) is 11.9. The number of hydrogen-bond donors (Lipinski definition) is 0. The third-order valence-electron chi connectivity index (χ3n) is 7.81. The molecule has 0 aliphatic carbocycles. The molecule has 6 aromatic rings. The summed E-state index contributed by atoms with van der Waals surface area (Å²) in [5.74, 6) is -0.340. The molecule has 0 fully saturated rings. The van der Waals surface area contributed by atoms with Crippen LogP contribution in [0.5, 0.6) is 11.5 Å². The second kappa shape index (κ2) is 19.9. The maximum atomic E-state index is 12.4. The van der Waals surface area contributed by atoms with Crippen molar-refractivity contribution in [1.82, 2.24) is 0 Å². The summed E-state index contributed by atoms with van der Waals surface area (Å²) in [4.78, 5) is 33.4. The molecule has 53 heavy (non-hydrogen) atoms. The summed E-state index contributed by atoms with van der Waals surface area (Å²) in [6.45, 7) is 4.05. The number of aryl methyl sites for hydroxylation is 2. The van der Waals surface area contributed by atoms with Crippen molar-refractivity contribution in [3.05, 3.63) is 202 Å². The molecule has 0 saturated carbocycles. The van der Waals surface area contributed by atoms with Gasteiger partial charge in [-0.15, -0.1) is 11.5 Å². The van der Waals surface area contributed by atoms with Gasteiger partial charge in [0.1, 0.15) is 0 Å². The van der Waals surface area contributed by atoms with E-state index in [0.29, 0.717) is 33.6 Å². The molecule has 7 heteroatoms. The number of allylic oxidation sites excluding steroid dienone is 2. The van der Waals surface area contributed by atoms with Crippen LogP contribution >= 0.6 is 0 Å². The Hall–Kier alpha value is -6.30. The molecule has 0 amide bonds. The Labute approximate surface area is 323 Å². The van der Waals surface area contributed by atoms with Crippen LogP contribution in [0.25, 0.3) is 12.2 Å². The van der Waals surface area contributed by atoms with Crippen molar-refractivity contribution < 1.29 is 39.3 Å². The molecule has 0 saturated heterocycles. The number of ketones is 2. The van der Waals surface area contributed by atoms with Crippen LogP contribution in [0.1, 0.15) is 54.1 Å². The van der Waals surface area contributed by atoms with Gasteiger partial charge in [0, 0.05) is 23.6 Å². The third kappa shape index (κ3) is 12.5. The van der Waals surface area contributed by atoms with E-state index in [1.54, 1.807) is 109 Å². The summed E-state index contributed by atoms with van der Waals surface area (Å²) in [6, 6.07) is 43.4. The Bertz CT molecular complexity index is 2110. The Morgan fingerprint density at radius 3 is 1.25 bits per heavy atom. The third-order valence-corrected chi connectivity index (χ3v) is 7.81. The van der Waals surface area contributed by atoms with Crippen LogP contribution in [-0.4, -0.2) is 24.0 Å². The van der Waals surface area contributed by atoms with Crippen molar-refractivity contribution in [3.8, 4) is 11.5 Å². The largest absolute Gasteiger partial charge is 2.00 e. The quantitative estimate of drug-likeness (QED) is 0.0603. The van der Waals surface area contributed by atoms with Gasteiger partial charge in [0.25, 0.3) is 0 Å². The van der Waals surface area contributed by atoms with Gasteiger partial charge in [0.05, 0.1) is 11.4 Å². The van der Waals surface area contributed by atoms with Crippen LogP contribution in [0.2, 0.25) is 0 Å². The van der Waals surface area contributed by atoms with Gasteiger partial charge in [-0.2, -0.15) is 0 Å². The minimum Gasteiger partial charge on any atom is -0.872 e. The van der Waals surface area contributed by atoms with Gasteiger partial charge in [0.15, 0.2) is 11.6 Å². The number of carbonyl (C=O) groups is 2. The average Bonchev–Trinajstić information content (AvgIpc) is 3.17. The minimum atomic E-state index is -0.0909. The molecule has 256 valence electrons. The molecule has 0 bridgehead atoms. The summed E-state index contributed by atoms with van der Waals surface area (Å²) in [7, 11) is 0. The molecule has 0 aliphatic rings. The summed E-state index contributed by atoms with van der Waals surface area (Å²) in [5, 5.41) is 23.4. The van der Waals surface area contributed by atoms with Gasteiger partial charge in [-0.1, -0.05) is 145 Å². The van der Waals surface area contributed by atoms with Gasteiger partial charge in [0.2, 0.25) is 0 Å². The molecule has 0 N–H and O–H groups in total. The SMILES string of the molecule is Cc1ccc(/C=C/C(=O)c2cccc(N=Cc3ccccc3[O-])c2)cc1.Cc1ccc(/C=C/C(=O)c2cccc(N=Cc3ccccc3[O-])c2)cc1.[Zn+2]. The van der Waals surface area contributed by atoms with Gasteiger partial charge < -0.3 is 10.2 Å². The molecule has 0 radical (unpaired) electrons. The molecular formula is C46H36N2O4Zn. The summed E-state index contributed by atoms with van der Waals surface area (Å²) in [6.07, 6.45) is 9.75. The number of rotatable bonds is 10. The first-order chi connectivity index (χ1) is 25.2. The summed E-state index contributed by atoms with van der Waals surface area (Å²) >= 11 is 0. The van der Waals surface area contributed by atoms with E-state index in [1.807, 2.05) is 62.4 Å². The molecule has 0 aliphatic heterocycles. The number of hydrogen-bond acceptors (Lipinski definition) is 6. The number of aliphatic imine (C=N–C) groups is 2. The minimum absolute atomic E-state index is 0. The number of carbonyl (C=O) groups excluding carboxylic acids is 2. The molecule has 6 rings (SSSR count). The monoisotopic (exact) mass is 744 g/mol. The molecule has 0 spiro atoms. The van der Waals surface area contributed by atoms with Crippen LogP contribution in [0.3, 0.4) is 0 Å². The normalized spacial score (nSPS) is 11.1. The smallest absolute Gasteiger partial charge is 0.872 e. The van der Waals surface area contributed by atoms with Crippen molar-refractivity contribution in [1.29, 1.82) is 0 Å². The van der Waals surface area contributed by atoms with E-state index < -0.39 is 0 Å². The first-order valence-corrected chi connectivity index (χ1v) is 16.6. The maximum absolute atomic E-state index is 12.4. The Morgan fingerprint density at radius 1 is 0.491 bits per heavy atom. The maximum Gasteiger partial charge on any atom is 2.00 e. The number of para-hydroxylation sites is 2. The van der Waals surface area contributed by atoms with E-state index in [1.165, 1.54) is 35.7 Å². The van der Waals surface area contributed by atoms with Gasteiger partial charge in [-0.25, -0.2) is 0 Å². The number of benzene rings is 6. The van der Waals surface area contributed by atoms with Crippen molar-refractivity contribution in [2.45, 2.75) is 13.8 Å². The zero-order valence-corrected chi connectivity index (χ0v) is 32.5. The van der Waals surface area contributed by atoms with E-state index in [9.17, 15) is 19.8 Å². The average molecular weight is 746 g/mol. The fourth-order valence-electron chi connectivity index (χ4n) is 4.83. The predicted molar refractivity (Wildman–Crippen MR) is 208 cm³/mol. The van der Waals surface area contributed by atoms with E-state index in [2.05, 4.69) is 9.98 Å². The molecule has 6 nitrogen and oxygen atoms in total. The molecule has 0 heterocycles. The van der Waals surface area contributed by atoms with Crippen molar-refractivity contribution in [2.75, 3.05) is 0 Å². The van der Waals surface area contributed by atoms with Crippen molar-refractivity contribution in [2.24, 2.45) is 9.98 Å². The summed E-state index contributed by atoms with van der Waals surface area (Å²) in [5.41, 5.74) is 7.71. The second-order valence-corrected chi connectivity index (χ2v) is 11.9. The fourth-order valence-corrected chi connectivity index (χ4v) is 4.83. The molecule has 0 unspecified atom stereocenters. The van der Waals surface area contributed by atoms with Crippen LogP contribution in [0, 0.1) is 13.8 Å². The van der Waals surface area contributed by atoms with Crippen LogP contribution in [-0.2, 0) is 19.5 Å². The Kier molecular flexibility index (Phi) is 14.8. The zero-order chi connectivity index (χ0) is 36.7. The molecule has 0 aromatic heterocycles. The van der Waals surface area contributed by atoms with E-state index in [0.717, 1.165) is 11.1 Å². The van der Waals surface area contributed by atoms with Crippen molar-refractivity contribution >= 4 is 47.5 Å². The Balaban J connectivity index is 0.000000232. The van der Waals surface area contributed by atoms with Crippen molar-refractivity contribution in [3.63, 3.8) is 0 Å². The van der Waals surface area contributed by atoms with Crippen LogP contribution < -0.4 is 10.2 Å². The molecule has 6 aromatic carbocycles. The van der Waals surface area contributed by atoms with E-state index in [4.69, 9.17) is 0 Å². The first kappa shape index (κ1) is 39.5. The van der Waals surface area contributed by atoms with Gasteiger partial charge in [-0.3, -0.25) is 19.6 Å². The van der Waals surface area contributed by atoms with Crippen LogP contribution in [0.4, 0.5) is 11.4 Å². The molecule has 0 atom stereocenters. The predicted octanol–water partition coefficient (Wildman–Crippen LogP) is 9.43. The molecular weight excluding hydrogens is 710 g/mol. The van der Waals surface area contributed by atoms with E-state index >= 15 is 0 Å². The number of nitrogens with zero attached hydrogens (tertiary/aromatic N) is 2. The zero-order valence-electron chi connectivity index (χ0n) is 29.6. The first-order valence-electron chi connectivity index (χ1n) is 16.6. The topological polar surface area (TPSA) is 105 Å². The van der Waals surface area contributed by atoms with Gasteiger partial charge >= 0.3 is 19.5 Å². The standard InChI is InChI=1S/2C23H19NO2.Zn/c2*1-17-9-11-18(12-10-17)13-14-23(26)19-6-4-7-21(15-19)24-16-20-5-2-3-8-22(20)25;/h2*2-16,25H,1H3;/q;;+2/p-2/b2*14-13+,24-16?;. The van der Waals surface area contributed by atoms with Crippen LogP contribution in [0.15, 0.2) is 168 Å². The summed E-state index contributed by atoms with van der Waals surface area (Å²) < 4.78 is 0.